The van der Waals surface area contributed by atoms with Crippen molar-refractivity contribution in [3.05, 3.63) is 71.8 Å². The summed E-state index contributed by atoms with van der Waals surface area (Å²) >= 11 is 0. The highest BCUT2D eigenvalue weighted by molar-refractivity contribution is 6.74. The van der Waals surface area contributed by atoms with E-state index >= 15 is 0 Å². The minimum atomic E-state index is -2.11. The Kier molecular flexibility index (Phi) is 8.37. The Bertz CT molecular complexity index is 1140. The van der Waals surface area contributed by atoms with Crippen molar-refractivity contribution in [1.29, 1.82) is 0 Å². The maximum Gasteiger partial charge on any atom is 0.336 e. The fourth-order valence-electron chi connectivity index (χ4n) is 4.77. The first-order valence-electron chi connectivity index (χ1n) is 13.3. The molecule has 0 unspecified atom stereocenters. The van der Waals surface area contributed by atoms with Gasteiger partial charge in [-0.2, -0.15) is 0 Å². The number of ether oxygens (including phenoxy) is 4. The number of aliphatic hydroxyl groups is 1. The number of fused-ring (bicyclic) bond motifs is 1. The van der Waals surface area contributed by atoms with Crippen molar-refractivity contribution in [1.82, 2.24) is 0 Å². The molecule has 0 bridgehead atoms. The Balaban J connectivity index is 1.79. The maximum atomic E-state index is 13.1. The first-order valence-corrected chi connectivity index (χ1v) is 16.2. The lowest BCUT2D eigenvalue weighted by Gasteiger charge is -2.47. The molecule has 4 atom stereocenters. The molecule has 206 valence electrons. The molecule has 0 fully saturated rings. The van der Waals surface area contributed by atoms with Crippen LogP contribution in [0.1, 0.15) is 45.2 Å². The van der Waals surface area contributed by atoms with E-state index in [4.69, 9.17) is 23.4 Å². The quantitative estimate of drug-likeness (QED) is 0.255. The number of esters is 1. The largest absolute Gasteiger partial charge is 0.464 e. The molecule has 1 N–H and O–H groups in total. The van der Waals surface area contributed by atoms with Gasteiger partial charge in [0.2, 0.25) is 6.79 Å². The summed E-state index contributed by atoms with van der Waals surface area (Å²) in [5, 5.41) is 11.7. The molecule has 0 saturated heterocycles. The molecule has 8 heteroatoms. The van der Waals surface area contributed by atoms with E-state index in [1.165, 1.54) is 0 Å². The van der Waals surface area contributed by atoms with Crippen LogP contribution >= 0.6 is 0 Å². The number of rotatable bonds is 9. The number of carbonyl (C=O) groups excluding carboxylic acids is 1. The molecule has 4 rings (SSSR count). The van der Waals surface area contributed by atoms with Gasteiger partial charge < -0.3 is 28.5 Å². The smallest absolute Gasteiger partial charge is 0.336 e. The van der Waals surface area contributed by atoms with Gasteiger partial charge in [-0.05, 0) is 48.3 Å². The zero-order chi connectivity index (χ0) is 27.6. The molecule has 2 aromatic carbocycles. The monoisotopic (exact) mass is 540 g/mol. The lowest BCUT2D eigenvalue weighted by atomic mass is 9.66. The highest BCUT2D eigenvalue weighted by Crippen LogP contribution is 2.46. The average molecular weight is 541 g/mol. The standard InChI is InChI=1S/C30H40O7Si/c1-7-33-28(32)27(31)30(22-13-14-24-25(17-22)36-20-35-24)16-15-23(37-38(5,6)29(2,3)4)18-26(30)34-19-21-11-9-8-10-12-21/h8-17,23,26-27,31H,7,18-20H2,1-6H3/t23-,26-,27-,30+/m0/s1. The molecule has 0 spiro atoms. The van der Waals surface area contributed by atoms with Crippen molar-refractivity contribution in [3.8, 4) is 11.5 Å². The Morgan fingerprint density at radius 2 is 1.84 bits per heavy atom. The van der Waals surface area contributed by atoms with Crippen molar-refractivity contribution in [2.45, 2.75) is 82.6 Å². The molecule has 38 heavy (non-hydrogen) atoms. The van der Waals surface area contributed by atoms with E-state index in [1.807, 2.05) is 54.6 Å². The SMILES string of the molecule is CCOC(=O)[C@H](O)[C@@]1(c2ccc3c(c2)OCO3)C=C[C@H](O[Si](C)(C)C(C)(C)C)C[C@@H]1OCc1ccccc1. The molecule has 0 amide bonds. The number of hydrogen-bond donors (Lipinski definition) is 1. The van der Waals surface area contributed by atoms with Crippen LogP contribution in [0.5, 0.6) is 11.5 Å². The van der Waals surface area contributed by atoms with E-state index in [-0.39, 0.29) is 24.5 Å². The minimum Gasteiger partial charge on any atom is -0.464 e. The third kappa shape index (κ3) is 5.68. The van der Waals surface area contributed by atoms with Gasteiger partial charge in [0.05, 0.1) is 30.8 Å². The summed E-state index contributed by atoms with van der Waals surface area (Å²) in [6.07, 6.45) is 1.98. The van der Waals surface area contributed by atoms with Crippen LogP contribution in [0, 0.1) is 0 Å². The van der Waals surface area contributed by atoms with Crippen LogP contribution in [-0.4, -0.2) is 51.1 Å². The first kappa shape index (κ1) is 28.4. The van der Waals surface area contributed by atoms with Crippen LogP contribution in [0.2, 0.25) is 18.1 Å². The van der Waals surface area contributed by atoms with E-state index in [9.17, 15) is 9.90 Å². The number of benzene rings is 2. The molecule has 7 nitrogen and oxygen atoms in total. The Hall–Kier alpha value is -2.65. The zero-order valence-electron chi connectivity index (χ0n) is 23.2. The van der Waals surface area contributed by atoms with Crippen LogP contribution < -0.4 is 9.47 Å². The normalized spacial score (nSPS) is 23.8. The molecule has 2 aliphatic rings. The van der Waals surface area contributed by atoms with Crippen molar-refractivity contribution >= 4 is 14.3 Å². The second kappa shape index (κ2) is 11.2. The predicted octanol–water partition coefficient (Wildman–Crippen LogP) is 5.51. The summed E-state index contributed by atoms with van der Waals surface area (Å²) < 4.78 is 29.8. The second-order valence-electron chi connectivity index (χ2n) is 11.5. The van der Waals surface area contributed by atoms with Gasteiger partial charge in [0.25, 0.3) is 0 Å². The molecule has 1 aliphatic heterocycles. The van der Waals surface area contributed by atoms with E-state index in [0.717, 1.165) is 5.56 Å². The van der Waals surface area contributed by atoms with E-state index in [2.05, 4.69) is 33.9 Å². The molecule has 1 aliphatic carbocycles. The highest BCUT2D eigenvalue weighted by Gasteiger charge is 2.53. The van der Waals surface area contributed by atoms with Crippen molar-refractivity contribution < 1.29 is 33.3 Å². The molecule has 0 aromatic heterocycles. The van der Waals surface area contributed by atoms with E-state index < -0.39 is 31.9 Å². The van der Waals surface area contributed by atoms with Gasteiger partial charge in [-0.25, -0.2) is 4.79 Å². The molecule has 1 heterocycles. The van der Waals surface area contributed by atoms with Gasteiger partial charge in [0, 0.05) is 6.42 Å². The molecule has 2 aromatic rings. The summed E-state index contributed by atoms with van der Waals surface area (Å²) in [6.45, 7) is 13.4. The number of hydrogen-bond acceptors (Lipinski definition) is 7. The van der Waals surface area contributed by atoms with E-state index in [0.29, 0.717) is 30.1 Å². The minimum absolute atomic E-state index is 0.0253. The topological polar surface area (TPSA) is 83.5 Å². The summed E-state index contributed by atoms with van der Waals surface area (Å²) in [6, 6.07) is 15.3. The Morgan fingerprint density at radius 1 is 1.13 bits per heavy atom. The molecular weight excluding hydrogens is 500 g/mol. The van der Waals surface area contributed by atoms with Crippen LogP contribution in [0.25, 0.3) is 0 Å². The molecular formula is C30H40O7Si. The summed E-state index contributed by atoms with van der Waals surface area (Å²) in [5.74, 6) is 0.481. The highest BCUT2D eigenvalue weighted by atomic mass is 28.4. The number of carbonyl (C=O) groups is 1. The summed E-state index contributed by atoms with van der Waals surface area (Å²) in [5.41, 5.74) is 0.450. The van der Waals surface area contributed by atoms with Crippen LogP contribution in [0.4, 0.5) is 0 Å². The Morgan fingerprint density at radius 3 is 2.53 bits per heavy atom. The molecule has 0 radical (unpaired) electrons. The van der Waals surface area contributed by atoms with Crippen molar-refractivity contribution in [2.24, 2.45) is 0 Å². The fraction of sp³-hybridized carbons (Fsp3) is 0.500. The predicted molar refractivity (Wildman–Crippen MR) is 148 cm³/mol. The number of aliphatic hydroxyl groups excluding tert-OH is 1. The third-order valence-corrected chi connectivity index (χ3v) is 12.5. The summed E-state index contributed by atoms with van der Waals surface area (Å²) in [7, 11) is -2.11. The average Bonchev–Trinajstić information content (AvgIpc) is 3.35. The van der Waals surface area contributed by atoms with Crippen molar-refractivity contribution in [3.63, 3.8) is 0 Å². The van der Waals surface area contributed by atoms with Gasteiger partial charge in [-0.1, -0.05) is 69.3 Å². The van der Waals surface area contributed by atoms with Crippen LogP contribution in [-0.2, 0) is 30.7 Å². The van der Waals surface area contributed by atoms with Gasteiger partial charge in [0.1, 0.15) is 0 Å². The zero-order valence-corrected chi connectivity index (χ0v) is 24.2. The first-order chi connectivity index (χ1) is 18.0. The van der Waals surface area contributed by atoms with Gasteiger partial charge in [0.15, 0.2) is 25.9 Å². The lowest BCUT2D eigenvalue weighted by Crippen LogP contribution is -2.56. The lowest BCUT2D eigenvalue weighted by molar-refractivity contribution is -0.162. The summed E-state index contributed by atoms with van der Waals surface area (Å²) in [4.78, 5) is 13.1. The van der Waals surface area contributed by atoms with Gasteiger partial charge in [-0.3, -0.25) is 0 Å². The van der Waals surface area contributed by atoms with Gasteiger partial charge in [-0.15, -0.1) is 0 Å². The van der Waals surface area contributed by atoms with Gasteiger partial charge >= 0.3 is 5.97 Å². The third-order valence-electron chi connectivity index (χ3n) is 7.95. The van der Waals surface area contributed by atoms with Crippen LogP contribution in [0.15, 0.2) is 60.7 Å². The molecule has 0 saturated carbocycles. The maximum absolute atomic E-state index is 13.1. The van der Waals surface area contributed by atoms with Crippen molar-refractivity contribution in [2.75, 3.05) is 13.4 Å². The second-order valence-corrected chi connectivity index (χ2v) is 16.2. The Labute approximate surface area is 226 Å². The van der Waals surface area contributed by atoms with E-state index in [1.54, 1.807) is 13.0 Å². The van der Waals surface area contributed by atoms with Crippen LogP contribution in [0.3, 0.4) is 0 Å². The fourth-order valence-corrected chi connectivity index (χ4v) is 6.05.